The van der Waals surface area contributed by atoms with Crippen LogP contribution in [0, 0.1) is 5.82 Å². The van der Waals surface area contributed by atoms with Crippen LogP contribution in [0.2, 0.25) is 5.02 Å². The van der Waals surface area contributed by atoms with Crippen LogP contribution in [0.15, 0.2) is 36.4 Å². The van der Waals surface area contributed by atoms with E-state index in [1.807, 2.05) is 0 Å². The van der Waals surface area contributed by atoms with Gasteiger partial charge in [0.1, 0.15) is 5.82 Å². The maximum atomic E-state index is 14.0. The first kappa shape index (κ1) is 12.1. The van der Waals surface area contributed by atoms with Crippen LogP contribution < -0.4 is 9.47 Å². The second-order valence-electron chi connectivity index (χ2n) is 4.38. The summed E-state index contributed by atoms with van der Waals surface area (Å²) in [4.78, 5) is 0. The highest BCUT2D eigenvalue weighted by Crippen LogP contribution is 2.49. The van der Waals surface area contributed by atoms with Gasteiger partial charge in [-0.3, -0.25) is 0 Å². The number of hydrogen-bond acceptors (Lipinski definition) is 3. The Morgan fingerprint density at radius 3 is 2.68 bits per heavy atom. The van der Waals surface area contributed by atoms with Crippen LogP contribution >= 0.6 is 11.6 Å². The van der Waals surface area contributed by atoms with E-state index in [-0.39, 0.29) is 17.1 Å². The first-order valence-electron chi connectivity index (χ1n) is 5.65. The number of hydrogen-bond donors (Lipinski definition) is 1. The van der Waals surface area contributed by atoms with Gasteiger partial charge in [-0.15, -0.1) is 0 Å². The summed E-state index contributed by atoms with van der Waals surface area (Å²) in [5, 5.41) is 10.00. The topological polar surface area (TPSA) is 38.7 Å². The molecule has 1 aliphatic heterocycles. The van der Waals surface area contributed by atoms with Crippen LogP contribution in [-0.4, -0.2) is 5.11 Å². The molecule has 1 aliphatic rings. The fraction of sp³-hybridized carbons (Fsp3) is 0.143. The van der Waals surface area contributed by atoms with Crippen LogP contribution in [0.1, 0.15) is 12.5 Å². The maximum Gasteiger partial charge on any atom is 0.278 e. The SMILES string of the molecule is CC1(c2ccc(Cl)cc2F)Oc2cccc(O)c2O1. The Kier molecular flexibility index (Phi) is 2.57. The zero-order chi connectivity index (χ0) is 13.6. The summed E-state index contributed by atoms with van der Waals surface area (Å²) in [6, 6.07) is 9.00. The summed E-state index contributed by atoms with van der Waals surface area (Å²) in [6.07, 6.45) is 0. The van der Waals surface area contributed by atoms with E-state index in [1.54, 1.807) is 25.1 Å². The minimum atomic E-state index is -1.32. The molecule has 0 saturated carbocycles. The van der Waals surface area contributed by atoms with E-state index < -0.39 is 11.6 Å². The minimum Gasteiger partial charge on any atom is -0.504 e. The molecular formula is C14H10ClFO3. The van der Waals surface area contributed by atoms with Crippen molar-refractivity contribution in [2.24, 2.45) is 0 Å². The van der Waals surface area contributed by atoms with Crippen molar-refractivity contribution in [3.8, 4) is 17.2 Å². The van der Waals surface area contributed by atoms with Crippen molar-refractivity contribution in [1.82, 2.24) is 0 Å². The van der Waals surface area contributed by atoms with Crippen LogP contribution in [0.5, 0.6) is 17.2 Å². The van der Waals surface area contributed by atoms with Crippen molar-refractivity contribution in [3.63, 3.8) is 0 Å². The van der Waals surface area contributed by atoms with Gasteiger partial charge >= 0.3 is 0 Å². The molecule has 0 amide bonds. The van der Waals surface area contributed by atoms with E-state index >= 15 is 0 Å². The number of fused-ring (bicyclic) bond motifs is 1. The van der Waals surface area contributed by atoms with Crippen molar-refractivity contribution in [3.05, 3.63) is 52.8 Å². The van der Waals surface area contributed by atoms with Gasteiger partial charge in [0.15, 0.2) is 11.5 Å². The van der Waals surface area contributed by atoms with E-state index in [2.05, 4.69) is 0 Å². The molecule has 1 atom stereocenters. The molecule has 2 aromatic rings. The molecule has 0 bridgehead atoms. The second kappa shape index (κ2) is 4.03. The molecule has 3 rings (SSSR count). The number of aromatic hydroxyl groups is 1. The van der Waals surface area contributed by atoms with Gasteiger partial charge in [-0.25, -0.2) is 4.39 Å². The molecule has 1 unspecified atom stereocenters. The van der Waals surface area contributed by atoms with E-state index in [0.717, 1.165) is 0 Å². The van der Waals surface area contributed by atoms with Crippen molar-refractivity contribution < 1.29 is 19.0 Å². The first-order chi connectivity index (χ1) is 8.99. The number of ether oxygens (including phenoxy) is 2. The van der Waals surface area contributed by atoms with Gasteiger partial charge in [-0.05, 0) is 30.3 Å². The molecule has 0 saturated heterocycles. The summed E-state index contributed by atoms with van der Waals surface area (Å²) >= 11 is 5.72. The minimum absolute atomic E-state index is 0.0457. The van der Waals surface area contributed by atoms with Gasteiger partial charge in [-0.1, -0.05) is 17.7 Å². The molecule has 0 spiro atoms. The molecule has 5 heteroatoms. The lowest BCUT2D eigenvalue weighted by molar-refractivity contribution is -0.0714. The fourth-order valence-corrected chi connectivity index (χ4v) is 2.24. The molecule has 3 nitrogen and oxygen atoms in total. The van der Waals surface area contributed by atoms with Gasteiger partial charge in [0.05, 0.1) is 5.56 Å². The van der Waals surface area contributed by atoms with Crippen molar-refractivity contribution in [1.29, 1.82) is 0 Å². The fourth-order valence-electron chi connectivity index (χ4n) is 2.08. The van der Waals surface area contributed by atoms with E-state index in [1.165, 1.54) is 18.2 Å². The normalized spacial score (nSPS) is 20.6. The Labute approximate surface area is 114 Å². The van der Waals surface area contributed by atoms with Crippen molar-refractivity contribution >= 4 is 11.6 Å². The Morgan fingerprint density at radius 2 is 2.00 bits per heavy atom. The molecule has 0 aromatic heterocycles. The summed E-state index contributed by atoms with van der Waals surface area (Å²) in [6.45, 7) is 1.58. The average Bonchev–Trinajstić information content (AvgIpc) is 2.68. The summed E-state index contributed by atoms with van der Waals surface area (Å²) in [7, 11) is 0. The monoisotopic (exact) mass is 280 g/mol. The summed E-state index contributed by atoms with van der Waals surface area (Å²) in [5.41, 5.74) is 0.215. The van der Waals surface area contributed by atoms with Gasteiger partial charge in [0.2, 0.25) is 5.75 Å². The smallest absolute Gasteiger partial charge is 0.278 e. The predicted molar refractivity (Wildman–Crippen MR) is 68.1 cm³/mol. The standard InChI is InChI=1S/C14H10ClFO3/c1-14(9-6-5-8(15)7-10(9)16)18-12-4-2-3-11(17)13(12)19-14/h2-7,17H,1H3. The number of phenolic OH excluding ortho intramolecular Hbond substituents is 1. The summed E-state index contributed by atoms with van der Waals surface area (Å²) in [5.74, 6) is -1.32. The van der Waals surface area contributed by atoms with E-state index in [0.29, 0.717) is 10.8 Å². The molecule has 2 aromatic carbocycles. The molecular weight excluding hydrogens is 271 g/mol. The molecule has 19 heavy (non-hydrogen) atoms. The van der Waals surface area contributed by atoms with E-state index in [9.17, 15) is 9.50 Å². The predicted octanol–water partition coefficient (Wildman–Crippen LogP) is 3.83. The number of benzene rings is 2. The van der Waals surface area contributed by atoms with Gasteiger partial charge in [0.25, 0.3) is 5.79 Å². The highest BCUT2D eigenvalue weighted by atomic mass is 35.5. The number of para-hydroxylation sites is 1. The number of phenols is 1. The number of halogens is 2. The molecule has 0 aliphatic carbocycles. The Bertz CT molecular complexity index is 659. The molecule has 0 radical (unpaired) electrons. The zero-order valence-electron chi connectivity index (χ0n) is 9.98. The Morgan fingerprint density at radius 1 is 1.21 bits per heavy atom. The molecule has 1 N–H and O–H groups in total. The lowest BCUT2D eigenvalue weighted by atomic mass is 10.1. The lowest BCUT2D eigenvalue weighted by Gasteiger charge is -2.23. The van der Waals surface area contributed by atoms with Crippen LogP contribution in [-0.2, 0) is 5.79 Å². The van der Waals surface area contributed by atoms with Crippen molar-refractivity contribution in [2.45, 2.75) is 12.7 Å². The summed E-state index contributed by atoms with van der Waals surface area (Å²) < 4.78 is 25.2. The van der Waals surface area contributed by atoms with E-state index in [4.69, 9.17) is 21.1 Å². The highest BCUT2D eigenvalue weighted by molar-refractivity contribution is 6.30. The largest absolute Gasteiger partial charge is 0.504 e. The quantitative estimate of drug-likeness (QED) is 0.863. The highest BCUT2D eigenvalue weighted by Gasteiger charge is 2.42. The van der Waals surface area contributed by atoms with Gasteiger partial charge in [0, 0.05) is 11.9 Å². The third-order valence-electron chi connectivity index (χ3n) is 2.98. The van der Waals surface area contributed by atoms with Gasteiger partial charge < -0.3 is 14.6 Å². The molecule has 1 heterocycles. The molecule has 0 fully saturated rings. The van der Waals surface area contributed by atoms with Crippen LogP contribution in [0.3, 0.4) is 0 Å². The Hall–Kier alpha value is -1.94. The third-order valence-corrected chi connectivity index (χ3v) is 3.22. The maximum absolute atomic E-state index is 14.0. The average molecular weight is 281 g/mol. The van der Waals surface area contributed by atoms with Crippen LogP contribution in [0.25, 0.3) is 0 Å². The number of rotatable bonds is 1. The lowest BCUT2D eigenvalue weighted by Crippen LogP contribution is -2.32. The van der Waals surface area contributed by atoms with Gasteiger partial charge in [-0.2, -0.15) is 0 Å². The van der Waals surface area contributed by atoms with Crippen molar-refractivity contribution in [2.75, 3.05) is 0 Å². The third kappa shape index (κ3) is 1.88. The van der Waals surface area contributed by atoms with Crippen LogP contribution in [0.4, 0.5) is 4.39 Å². The molecule has 98 valence electrons. The Balaban J connectivity index is 2.06. The second-order valence-corrected chi connectivity index (χ2v) is 4.81. The zero-order valence-corrected chi connectivity index (χ0v) is 10.7. The first-order valence-corrected chi connectivity index (χ1v) is 6.03.